The van der Waals surface area contributed by atoms with E-state index in [0.29, 0.717) is 17.9 Å². The van der Waals surface area contributed by atoms with E-state index in [4.69, 9.17) is 4.98 Å². The molecule has 1 aromatic heterocycles. The number of halogens is 2. The van der Waals surface area contributed by atoms with Gasteiger partial charge in [0.1, 0.15) is 0 Å². The summed E-state index contributed by atoms with van der Waals surface area (Å²) < 4.78 is 29.3. The first-order chi connectivity index (χ1) is 16.1. The van der Waals surface area contributed by atoms with Gasteiger partial charge in [-0.1, -0.05) is 0 Å². The van der Waals surface area contributed by atoms with Crippen LogP contribution in [-0.2, 0) is 6.42 Å². The molecule has 1 aliphatic rings. The van der Waals surface area contributed by atoms with Gasteiger partial charge in [0.15, 0.2) is 0 Å². The van der Waals surface area contributed by atoms with Crippen LogP contribution in [0.5, 0.6) is 0 Å². The zero-order valence-corrected chi connectivity index (χ0v) is 19.4. The maximum absolute atomic E-state index is 13.6. The molecule has 33 heavy (non-hydrogen) atoms. The van der Waals surface area contributed by atoms with Crippen molar-refractivity contribution < 1.29 is 13.6 Å². The third-order valence-corrected chi connectivity index (χ3v) is 7.73. The number of pyridine rings is 1. The number of carbonyl (C=O) groups is 1. The van der Waals surface area contributed by atoms with E-state index in [-0.39, 0.29) is 32.5 Å². The molecule has 0 saturated heterocycles. The summed E-state index contributed by atoms with van der Waals surface area (Å²) in [6.45, 7) is 0.544. The molecule has 0 aliphatic carbocycles. The Kier molecular flexibility index (Phi) is 6.03. The number of anilines is 1. The van der Waals surface area contributed by atoms with Gasteiger partial charge in [-0.3, -0.25) is 0 Å². The van der Waals surface area contributed by atoms with Gasteiger partial charge in [-0.15, -0.1) is 0 Å². The average Bonchev–Trinajstić information content (AvgIpc) is 2.84. The molecule has 3 aromatic carbocycles. The molecule has 0 fully saturated rings. The van der Waals surface area contributed by atoms with Crippen molar-refractivity contribution in [1.29, 1.82) is 0 Å². The summed E-state index contributed by atoms with van der Waals surface area (Å²) >= 11 is -0.00372. The number of amides is 1. The molecule has 3 nitrogen and oxygen atoms in total. The minimum atomic E-state index is -0.380. The first-order valence-corrected chi connectivity index (χ1v) is 12.4. The molecule has 1 aliphatic heterocycles. The Hall–Kier alpha value is -3.34. The van der Waals surface area contributed by atoms with Crippen LogP contribution >= 0.6 is 0 Å². The molecule has 0 atom stereocenters. The second-order valence-corrected chi connectivity index (χ2v) is 10.1. The van der Waals surface area contributed by atoms with Crippen LogP contribution in [0.1, 0.15) is 22.3 Å². The maximum atomic E-state index is 13.6. The van der Waals surface area contributed by atoms with Crippen molar-refractivity contribution in [1.82, 2.24) is 4.98 Å². The molecule has 2 heterocycles. The van der Waals surface area contributed by atoms with Gasteiger partial charge in [-0.25, -0.2) is 0 Å². The quantitative estimate of drug-likeness (QED) is 0.388. The summed E-state index contributed by atoms with van der Waals surface area (Å²) in [6.07, 6.45) is 1.66. The fourth-order valence-corrected chi connectivity index (χ4v) is 6.04. The van der Waals surface area contributed by atoms with E-state index in [1.165, 1.54) is 40.9 Å². The van der Waals surface area contributed by atoms with Crippen LogP contribution in [-0.4, -0.2) is 32.4 Å². The van der Waals surface area contributed by atoms with E-state index in [2.05, 4.69) is 18.2 Å². The first kappa shape index (κ1) is 21.5. The van der Waals surface area contributed by atoms with E-state index in [1.54, 1.807) is 17.0 Å². The molecule has 0 N–H and O–H groups in total. The van der Waals surface area contributed by atoms with Crippen molar-refractivity contribution in [3.63, 3.8) is 0 Å². The number of hydrogen-bond acceptors (Lipinski definition) is 2. The Morgan fingerprint density at radius 3 is 2.24 bits per heavy atom. The predicted molar refractivity (Wildman–Crippen MR) is 127 cm³/mol. The van der Waals surface area contributed by atoms with Gasteiger partial charge in [0.2, 0.25) is 0 Å². The van der Waals surface area contributed by atoms with E-state index in [1.807, 2.05) is 18.2 Å². The van der Waals surface area contributed by atoms with E-state index in [0.717, 1.165) is 34.1 Å². The second kappa shape index (κ2) is 9.26. The number of benzene rings is 3. The number of aromatic nitrogens is 1. The van der Waals surface area contributed by atoms with Crippen LogP contribution in [0.15, 0.2) is 84.9 Å². The molecule has 6 heteroatoms. The molecule has 0 radical (unpaired) electrons. The van der Waals surface area contributed by atoms with E-state index >= 15 is 0 Å². The zero-order valence-electron chi connectivity index (χ0n) is 17.7. The zero-order chi connectivity index (χ0) is 22.8. The fourth-order valence-electron chi connectivity index (χ4n) is 3.93. The molecule has 0 saturated carbocycles. The van der Waals surface area contributed by atoms with Crippen molar-refractivity contribution in [2.45, 2.75) is 12.8 Å². The van der Waals surface area contributed by atoms with Crippen LogP contribution in [0.2, 0.25) is 0 Å². The standard InChI is InChI=1S/C27H20F2N2OSe/c28-21-12-8-18(9-13-21)25-24(33-23-6-2-1-3-7-23)17-20-5-4-16-31(26(20)30-25)27(32)19-10-14-22(29)15-11-19/h1-3,6-15,17H,4-5,16H2. The van der Waals surface area contributed by atoms with Crippen LogP contribution in [0.4, 0.5) is 14.6 Å². The normalized spacial score (nSPS) is 13.0. The molecule has 0 bridgehead atoms. The Morgan fingerprint density at radius 2 is 1.55 bits per heavy atom. The van der Waals surface area contributed by atoms with Crippen LogP contribution in [0, 0.1) is 11.6 Å². The third-order valence-electron chi connectivity index (χ3n) is 5.55. The number of carbonyl (C=O) groups excluding carboxylic acids is 1. The van der Waals surface area contributed by atoms with Gasteiger partial charge in [-0.2, -0.15) is 0 Å². The Bertz CT molecular complexity index is 1290. The monoisotopic (exact) mass is 506 g/mol. The van der Waals surface area contributed by atoms with Crippen LogP contribution < -0.4 is 13.8 Å². The van der Waals surface area contributed by atoms with E-state index < -0.39 is 0 Å². The predicted octanol–water partition coefficient (Wildman–Crippen LogP) is 4.27. The van der Waals surface area contributed by atoms with Crippen LogP contribution in [0.25, 0.3) is 11.3 Å². The molecular formula is C27H20F2N2OSe. The number of nitrogens with zero attached hydrogens (tertiary/aromatic N) is 2. The van der Waals surface area contributed by atoms with E-state index in [9.17, 15) is 13.6 Å². The van der Waals surface area contributed by atoms with Crippen molar-refractivity contribution in [3.8, 4) is 11.3 Å². The van der Waals surface area contributed by atoms with Crippen molar-refractivity contribution in [2.75, 3.05) is 11.4 Å². The van der Waals surface area contributed by atoms with Gasteiger partial charge in [-0.05, 0) is 0 Å². The molecule has 4 aromatic rings. The Morgan fingerprint density at radius 1 is 0.879 bits per heavy atom. The summed E-state index contributed by atoms with van der Waals surface area (Å²) in [7, 11) is 0. The van der Waals surface area contributed by atoms with Gasteiger partial charge in [0, 0.05) is 0 Å². The van der Waals surface area contributed by atoms with Gasteiger partial charge < -0.3 is 0 Å². The molecule has 0 spiro atoms. The summed E-state index contributed by atoms with van der Waals surface area (Å²) in [4.78, 5) is 19.9. The number of aryl methyl sites for hydroxylation is 1. The Labute approximate surface area is 197 Å². The SMILES string of the molecule is O=C(c1ccc(F)cc1)N1CCCc2cc([Se]c3ccccc3)c(-c3ccc(F)cc3)nc21. The minimum absolute atomic E-state index is 0.00372. The molecule has 1 amide bonds. The van der Waals surface area contributed by atoms with Gasteiger partial charge in [0.25, 0.3) is 0 Å². The summed E-state index contributed by atoms with van der Waals surface area (Å²) in [5.74, 6) is -0.257. The fraction of sp³-hybridized carbons (Fsp3) is 0.111. The Balaban J connectivity index is 1.60. The number of rotatable bonds is 4. The first-order valence-electron chi connectivity index (χ1n) is 10.7. The van der Waals surface area contributed by atoms with Crippen LogP contribution in [0.3, 0.4) is 0 Å². The molecule has 164 valence electrons. The molecule has 0 unspecified atom stereocenters. The average molecular weight is 505 g/mol. The summed E-state index contributed by atoms with van der Waals surface area (Å²) in [5, 5.41) is 0. The summed E-state index contributed by atoms with van der Waals surface area (Å²) in [5.41, 5.74) is 3.02. The number of fused-ring (bicyclic) bond motifs is 1. The van der Waals surface area contributed by atoms with Crippen molar-refractivity contribution in [2.24, 2.45) is 0 Å². The van der Waals surface area contributed by atoms with Gasteiger partial charge in [0.05, 0.1) is 0 Å². The topological polar surface area (TPSA) is 33.2 Å². The van der Waals surface area contributed by atoms with Gasteiger partial charge >= 0.3 is 197 Å². The van der Waals surface area contributed by atoms with Crippen molar-refractivity contribution in [3.05, 3.63) is 108 Å². The molecular weight excluding hydrogens is 485 g/mol. The number of hydrogen-bond donors (Lipinski definition) is 0. The molecule has 5 rings (SSSR count). The second-order valence-electron chi connectivity index (χ2n) is 7.81. The third kappa shape index (κ3) is 4.58. The van der Waals surface area contributed by atoms with Crippen molar-refractivity contribution >= 4 is 35.6 Å². The summed E-state index contributed by atoms with van der Waals surface area (Å²) in [6, 6.07) is 24.3.